The van der Waals surface area contributed by atoms with Crippen molar-refractivity contribution in [1.82, 2.24) is 0 Å². The lowest BCUT2D eigenvalue weighted by Crippen LogP contribution is -2.10. The molecule has 0 spiro atoms. The molecule has 2 aromatic carbocycles. The van der Waals surface area contributed by atoms with E-state index in [4.69, 9.17) is 31.8 Å². The van der Waals surface area contributed by atoms with Gasteiger partial charge in [-0.15, -0.1) is 0 Å². The van der Waals surface area contributed by atoms with Crippen LogP contribution >= 0.6 is 0 Å². The largest absolute Gasteiger partial charge is 0.465 e. The number of nitrogens with two attached hydrogens (primary N) is 2. The van der Waals surface area contributed by atoms with Crippen LogP contribution in [0, 0.1) is 10.8 Å². The second-order valence-electron chi connectivity index (χ2n) is 5.57. The number of amidine groups is 2. The van der Waals surface area contributed by atoms with Crippen molar-refractivity contribution < 1.29 is 9.47 Å². The van der Waals surface area contributed by atoms with Crippen molar-refractivity contribution >= 4 is 11.7 Å². The van der Waals surface area contributed by atoms with Crippen molar-refractivity contribution in [1.29, 1.82) is 10.8 Å². The van der Waals surface area contributed by atoms with Crippen molar-refractivity contribution in [2.75, 3.05) is 0 Å². The maximum atomic E-state index is 7.35. The van der Waals surface area contributed by atoms with Crippen LogP contribution in [0.3, 0.4) is 0 Å². The minimum absolute atomic E-state index is 0.0331. The quantitative estimate of drug-likeness (QED) is 0.369. The zero-order chi connectivity index (χ0) is 17.8. The molecule has 25 heavy (non-hydrogen) atoms. The summed E-state index contributed by atoms with van der Waals surface area (Å²) in [6, 6.07) is 14.1. The maximum absolute atomic E-state index is 7.35. The molecule has 1 aliphatic rings. The number of hydrogen-bond donors (Lipinski definition) is 4. The monoisotopic (exact) mass is 334 g/mol. The number of ether oxygens (including phenoxy) is 2. The van der Waals surface area contributed by atoms with E-state index in [9.17, 15) is 0 Å². The van der Waals surface area contributed by atoms with Crippen LogP contribution in [0.1, 0.15) is 17.5 Å². The molecule has 0 amide bonds. The molecule has 0 aliphatic heterocycles. The maximum Gasteiger partial charge on any atom is 0.126 e. The Labute approximate surface area is 145 Å². The van der Waals surface area contributed by atoms with E-state index in [1.54, 1.807) is 61.1 Å². The summed E-state index contributed by atoms with van der Waals surface area (Å²) >= 11 is 0. The van der Waals surface area contributed by atoms with Crippen LogP contribution in [0.25, 0.3) is 0 Å². The molecule has 1 saturated carbocycles. The Morgan fingerprint density at radius 1 is 0.720 bits per heavy atom. The highest BCUT2D eigenvalue weighted by molar-refractivity contribution is 5.95. The van der Waals surface area contributed by atoms with Crippen molar-refractivity contribution in [3.05, 3.63) is 83.3 Å². The van der Waals surface area contributed by atoms with Crippen molar-refractivity contribution in [2.45, 2.75) is 6.42 Å². The van der Waals surface area contributed by atoms with E-state index in [-0.39, 0.29) is 11.7 Å². The van der Waals surface area contributed by atoms with Crippen molar-refractivity contribution in [3.8, 4) is 11.5 Å². The summed E-state index contributed by atoms with van der Waals surface area (Å²) in [6.07, 6.45) is 4.20. The van der Waals surface area contributed by atoms with Gasteiger partial charge in [-0.1, -0.05) is 0 Å². The number of benzene rings is 2. The van der Waals surface area contributed by atoms with Crippen LogP contribution in [-0.2, 0) is 0 Å². The third-order valence-corrected chi connectivity index (χ3v) is 3.67. The van der Waals surface area contributed by atoms with E-state index < -0.39 is 0 Å². The summed E-state index contributed by atoms with van der Waals surface area (Å²) in [6.45, 7) is 0. The molecule has 2 aromatic rings. The van der Waals surface area contributed by atoms with Gasteiger partial charge in [-0.3, -0.25) is 10.8 Å². The molecular weight excluding hydrogens is 316 g/mol. The normalized spacial score (nSPS) is 15.8. The van der Waals surface area contributed by atoms with E-state index >= 15 is 0 Å². The summed E-state index contributed by atoms with van der Waals surface area (Å²) in [7, 11) is 0. The first kappa shape index (κ1) is 16.3. The van der Waals surface area contributed by atoms with Gasteiger partial charge < -0.3 is 20.9 Å². The smallest absolute Gasteiger partial charge is 0.126 e. The van der Waals surface area contributed by atoms with E-state index in [1.165, 1.54) is 0 Å². The lowest BCUT2D eigenvalue weighted by molar-refractivity contribution is 0.475. The third-order valence-electron chi connectivity index (χ3n) is 3.67. The molecule has 0 radical (unpaired) electrons. The van der Waals surface area contributed by atoms with Gasteiger partial charge in [0, 0.05) is 17.5 Å². The number of nitrogen functional groups attached to an aromatic ring is 2. The molecule has 0 unspecified atom stereocenters. The first-order valence-corrected chi connectivity index (χ1v) is 7.63. The van der Waals surface area contributed by atoms with E-state index in [1.807, 2.05) is 0 Å². The predicted molar refractivity (Wildman–Crippen MR) is 97.0 cm³/mol. The average Bonchev–Trinajstić information content (AvgIpc) is 3.37. The van der Waals surface area contributed by atoms with Crippen LogP contribution in [0.2, 0.25) is 0 Å². The van der Waals surface area contributed by atoms with Gasteiger partial charge in [-0.25, -0.2) is 0 Å². The topological polar surface area (TPSA) is 118 Å². The highest BCUT2D eigenvalue weighted by Crippen LogP contribution is 2.37. The number of allylic oxidation sites excluding steroid dienone is 2. The van der Waals surface area contributed by atoms with E-state index in [0.29, 0.717) is 22.6 Å². The van der Waals surface area contributed by atoms with Crippen LogP contribution in [-0.4, -0.2) is 11.7 Å². The highest BCUT2D eigenvalue weighted by Gasteiger charge is 2.22. The standard InChI is InChI=1S/C19H18N4O2/c20-18(21)12-1-5-16(6-2-12)24-10-14-9-15(14)11-25-17-7-3-13(4-8-17)19(22)23/h1-8,10-11H,9H2,(H3,20,21)(H3,22,23). The molecule has 0 saturated heterocycles. The van der Waals surface area contributed by atoms with Gasteiger partial charge in [0.05, 0.1) is 12.5 Å². The second kappa shape index (κ2) is 6.92. The SMILES string of the molecule is N=C(N)c1ccc(OC=C2CC2=COc2ccc(C(=N)N)cc2)cc1. The Balaban J connectivity index is 1.54. The summed E-state index contributed by atoms with van der Waals surface area (Å²) in [5.74, 6) is 1.44. The highest BCUT2D eigenvalue weighted by atomic mass is 16.5. The van der Waals surface area contributed by atoms with Crippen LogP contribution in [0.4, 0.5) is 0 Å². The van der Waals surface area contributed by atoms with Crippen molar-refractivity contribution in [3.63, 3.8) is 0 Å². The van der Waals surface area contributed by atoms with Gasteiger partial charge >= 0.3 is 0 Å². The van der Waals surface area contributed by atoms with Gasteiger partial charge in [0.15, 0.2) is 0 Å². The molecule has 6 heteroatoms. The first-order valence-electron chi connectivity index (χ1n) is 7.63. The molecule has 0 aromatic heterocycles. The van der Waals surface area contributed by atoms with Gasteiger partial charge in [0.2, 0.25) is 0 Å². The lowest BCUT2D eigenvalue weighted by atomic mass is 10.2. The Bertz CT molecular complexity index is 792. The minimum Gasteiger partial charge on any atom is -0.465 e. The molecule has 6 nitrogen and oxygen atoms in total. The molecule has 0 atom stereocenters. The predicted octanol–water partition coefficient (Wildman–Crippen LogP) is 2.88. The van der Waals surface area contributed by atoms with Crippen LogP contribution in [0.15, 0.2) is 72.2 Å². The summed E-state index contributed by atoms with van der Waals surface area (Å²) < 4.78 is 11.2. The molecule has 3 rings (SSSR count). The van der Waals surface area contributed by atoms with Crippen molar-refractivity contribution in [2.24, 2.45) is 11.5 Å². The Hall–Kier alpha value is -3.54. The number of nitrogens with one attached hydrogen (secondary N) is 2. The summed E-state index contributed by atoms with van der Waals surface area (Å²) in [5.41, 5.74) is 14.3. The van der Waals surface area contributed by atoms with E-state index in [2.05, 4.69) is 0 Å². The molecule has 1 fully saturated rings. The second-order valence-corrected chi connectivity index (χ2v) is 5.57. The molecule has 0 bridgehead atoms. The average molecular weight is 334 g/mol. The van der Waals surface area contributed by atoms with Crippen LogP contribution in [0.5, 0.6) is 11.5 Å². The zero-order valence-corrected chi connectivity index (χ0v) is 13.5. The molecule has 6 N–H and O–H groups in total. The molecule has 0 heterocycles. The third kappa shape index (κ3) is 4.26. The Morgan fingerprint density at radius 2 is 1.08 bits per heavy atom. The van der Waals surface area contributed by atoms with Gasteiger partial charge in [-0.05, 0) is 59.7 Å². The summed E-state index contributed by atoms with van der Waals surface area (Å²) in [5, 5.41) is 14.7. The molecule has 1 aliphatic carbocycles. The zero-order valence-electron chi connectivity index (χ0n) is 13.5. The lowest BCUT2D eigenvalue weighted by Gasteiger charge is -2.02. The van der Waals surface area contributed by atoms with Gasteiger partial charge in [-0.2, -0.15) is 0 Å². The van der Waals surface area contributed by atoms with Crippen LogP contribution < -0.4 is 20.9 Å². The Kier molecular flexibility index (Phi) is 4.52. The molecular formula is C19H18N4O2. The fraction of sp³-hybridized carbons (Fsp3) is 0.0526. The fourth-order valence-corrected chi connectivity index (χ4v) is 2.10. The summed E-state index contributed by atoms with van der Waals surface area (Å²) in [4.78, 5) is 0. The first-order chi connectivity index (χ1) is 12.0. The number of rotatable bonds is 6. The number of hydrogen-bond acceptors (Lipinski definition) is 4. The molecule has 126 valence electrons. The van der Waals surface area contributed by atoms with Gasteiger partial charge in [0.1, 0.15) is 23.2 Å². The fourth-order valence-electron chi connectivity index (χ4n) is 2.10. The van der Waals surface area contributed by atoms with Gasteiger partial charge in [0.25, 0.3) is 0 Å². The minimum atomic E-state index is 0.0331. The Morgan fingerprint density at radius 3 is 1.40 bits per heavy atom. The van der Waals surface area contributed by atoms with E-state index in [0.717, 1.165) is 17.6 Å².